The molecule has 2 rings (SSSR count). The number of cyclic esters (lactones) is 1. The van der Waals surface area contributed by atoms with Gasteiger partial charge in [0.25, 0.3) is 0 Å². The molecule has 2 saturated heterocycles. The highest BCUT2D eigenvalue weighted by molar-refractivity contribution is 5.77. The standard InChI is InChI=1S/C14H21NO4/c1-14(2)9-18-12(16)11(14)19-13-10(5-3-7-15)6-4-8-17-13/h10-11,13H,3-6,8-9H2,1-2H3/t10-,11-,13+/m0/s1. The predicted octanol–water partition coefficient (Wildman–Crippen LogP) is 2.01. The number of nitriles is 1. The van der Waals surface area contributed by atoms with E-state index in [1.54, 1.807) is 0 Å². The Labute approximate surface area is 113 Å². The first-order valence-electron chi connectivity index (χ1n) is 6.85. The van der Waals surface area contributed by atoms with Crippen LogP contribution < -0.4 is 0 Å². The number of rotatable bonds is 4. The van der Waals surface area contributed by atoms with Crippen molar-refractivity contribution in [3.05, 3.63) is 0 Å². The van der Waals surface area contributed by atoms with Crippen LogP contribution in [0.2, 0.25) is 0 Å². The molecule has 2 aliphatic rings. The average Bonchev–Trinajstić information content (AvgIpc) is 2.64. The molecular formula is C14H21NO4. The molecule has 0 radical (unpaired) electrons. The Morgan fingerprint density at radius 2 is 2.32 bits per heavy atom. The monoisotopic (exact) mass is 267 g/mol. The predicted molar refractivity (Wildman–Crippen MR) is 66.9 cm³/mol. The molecular weight excluding hydrogens is 246 g/mol. The van der Waals surface area contributed by atoms with Crippen LogP contribution in [0.3, 0.4) is 0 Å². The summed E-state index contributed by atoms with van der Waals surface area (Å²) in [5, 5.41) is 8.69. The molecule has 0 aromatic carbocycles. The molecule has 2 fully saturated rings. The summed E-state index contributed by atoms with van der Waals surface area (Å²) in [6, 6.07) is 2.15. The van der Waals surface area contributed by atoms with Crippen molar-refractivity contribution in [1.82, 2.24) is 0 Å². The molecule has 5 heteroatoms. The van der Waals surface area contributed by atoms with Gasteiger partial charge >= 0.3 is 5.97 Å². The molecule has 0 spiro atoms. The van der Waals surface area contributed by atoms with Gasteiger partial charge in [-0.2, -0.15) is 5.26 Å². The van der Waals surface area contributed by atoms with Crippen LogP contribution in [0.1, 0.15) is 39.5 Å². The van der Waals surface area contributed by atoms with Crippen LogP contribution in [0.4, 0.5) is 0 Å². The second kappa shape index (κ2) is 5.89. The highest BCUT2D eigenvalue weighted by atomic mass is 16.7. The van der Waals surface area contributed by atoms with Gasteiger partial charge in [0.2, 0.25) is 0 Å². The van der Waals surface area contributed by atoms with Crippen molar-refractivity contribution in [2.24, 2.45) is 11.3 Å². The van der Waals surface area contributed by atoms with Gasteiger partial charge in [-0.05, 0) is 19.3 Å². The highest BCUT2D eigenvalue weighted by Gasteiger charge is 2.47. The molecule has 0 aromatic rings. The third kappa shape index (κ3) is 3.26. The Morgan fingerprint density at radius 3 is 2.95 bits per heavy atom. The second-order valence-corrected chi connectivity index (χ2v) is 5.95. The van der Waals surface area contributed by atoms with Gasteiger partial charge in [-0.1, -0.05) is 13.8 Å². The summed E-state index contributed by atoms with van der Waals surface area (Å²) >= 11 is 0. The largest absolute Gasteiger partial charge is 0.463 e. The van der Waals surface area contributed by atoms with Crippen LogP contribution in [-0.2, 0) is 19.0 Å². The Balaban J connectivity index is 1.99. The first kappa shape index (κ1) is 14.3. The molecule has 0 aromatic heterocycles. The third-order valence-corrected chi connectivity index (χ3v) is 3.79. The van der Waals surface area contributed by atoms with Crippen molar-refractivity contribution in [2.45, 2.75) is 51.9 Å². The quantitative estimate of drug-likeness (QED) is 0.729. The molecule has 106 valence electrons. The lowest BCUT2D eigenvalue weighted by atomic mass is 9.89. The summed E-state index contributed by atoms with van der Waals surface area (Å²) in [5.74, 6) is -0.115. The minimum absolute atomic E-state index is 0.192. The molecule has 2 heterocycles. The number of carbonyl (C=O) groups is 1. The Morgan fingerprint density at radius 1 is 1.53 bits per heavy atom. The molecule has 5 nitrogen and oxygen atoms in total. The van der Waals surface area contributed by atoms with E-state index < -0.39 is 12.4 Å². The molecule has 0 aliphatic carbocycles. The fourth-order valence-corrected chi connectivity index (χ4v) is 2.60. The molecule has 2 aliphatic heterocycles. The number of carbonyl (C=O) groups excluding carboxylic acids is 1. The van der Waals surface area contributed by atoms with E-state index in [9.17, 15) is 4.79 Å². The van der Waals surface area contributed by atoms with Gasteiger partial charge < -0.3 is 14.2 Å². The normalized spacial score (nSPS) is 33.7. The number of hydrogen-bond acceptors (Lipinski definition) is 5. The fourth-order valence-electron chi connectivity index (χ4n) is 2.60. The lowest BCUT2D eigenvalue weighted by Gasteiger charge is -2.34. The minimum Gasteiger partial charge on any atom is -0.463 e. The molecule has 0 bridgehead atoms. The van der Waals surface area contributed by atoms with E-state index in [1.165, 1.54) is 0 Å². The fraction of sp³-hybridized carbons (Fsp3) is 0.857. The number of nitrogens with zero attached hydrogens (tertiary/aromatic N) is 1. The molecule has 19 heavy (non-hydrogen) atoms. The van der Waals surface area contributed by atoms with E-state index >= 15 is 0 Å². The van der Waals surface area contributed by atoms with Gasteiger partial charge in [0, 0.05) is 24.4 Å². The van der Waals surface area contributed by atoms with Gasteiger partial charge in [-0.15, -0.1) is 0 Å². The number of esters is 1. The smallest absolute Gasteiger partial charge is 0.336 e. The highest BCUT2D eigenvalue weighted by Crippen LogP contribution is 2.35. The van der Waals surface area contributed by atoms with Gasteiger partial charge in [0.05, 0.1) is 12.7 Å². The lowest BCUT2D eigenvalue weighted by Crippen LogP contribution is -2.41. The van der Waals surface area contributed by atoms with Gasteiger partial charge in [-0.3, -0.25) is 0 Å². The van der Waals surface area contributed by atoms with Crippen LogP contribution in [0, 0.1) is 22.7 Å². The molecule has 0 saturated carbocycles. The van der Waals surface area contributed by atoms with Crippen LogP contribution in [0.25, 0.3) is 0 Å². The first-order valence-corrected chi connectivity index (χ1v) is 6.85. The molecule has 3 atom stereocenters. The van der Waals surface area contributed by atoms with Gasteiger partial charge in [0.15, 0.2) is 12.4 Å². The van der Waals surface area contributed by atoms with Crippen molar-refractivity contribution in [3.8, 4) is 6.07 Å². The molecule has 0 amide bonds. The number of ether oxygens (including phenoxy) is 3. The SMILES string of the molecule is CC1(C)COC(=O)[C@@H]1O[C@H]1OCCC[C@@H]1CCC#N. The van der Waals surface area contributed by atoms with E-state index in [4.69, 9.17) is 19.5 Å². The van der Waals surface area contributed by atoms with E-state index in [-0.39, 0.29) is 17.3 Å². The Bertz CT molecular complexity index is 374. The van der Waals surface area contributed by atoms with Crippen molar-refractivity contribution >= 4 is 5.97 Å². The summed E-state index contributed by atoms with van der Waals surface area (Å²) in [4.78, 5) is 11.7. The summed E-state index contributed by atoms with van der Waals surface area (Å²) in [7, 11) is 0. The Kier molecular flexibility index (Phi) is 4.43. The average molecular weight is 267 g/mol. The molecule has 0 unspecified atom stereocenters. The maximum atomic E-state index is 11.7. The lowest BCUT2D eigenvalue weighted by molar-refractivity contribution is -0.226. The third-order valence-electron chi connectivity index (χ3n) is 3.79. The van der Waals surface area contributed by atoms with Crippen LogP contribution in [0.5, 0.6) is 0 Å². The zero-order chi connectivity index (χ0) is 13.9. The van der Waals surface area contributed by atoms with Gasteiger partial charge in [-0.25, -0.2) is 4.79 Å². The zero-order valence-corrected chi connectivity index (χ0v) is 11.6. The van der Waals surface area contributed by atoms with Gasteiger partial charge in [0.1, 0.15) is 0 Å². The summed E-state index contributed by atoms with van der Waals surface area (Å²) in [5.41, 5.74) is -0.322. The van der Waals surface area contributed by atoms with Crippen LogP contribution in [-0.4, -0.2) is 31.6 Å². The summed E-state index contributed by atoms with van der Waals surface area (Å²) in [6.07, 6.45) is 2.25. The van der Waals surface area contributed by atoms with Crippen LogP contribution >= 0.6 is 0 Å². The maximum Gasteiger partial charge on any atom is 0.336 e. The van der Waals surface area contributed by atoms with Crippen molar-refractivity contribution in [3.63, 3.8) is 0 Å². The topological polar surface area (TPSA) is 68.6 Å². The maximum absolute atomic E-state index is 11.7. The van der Waals surface area contributed by atoms with E-state index in [2.05, 4.69) is 6.07 Å². The second-order valence-electron chi connectivity index (χ2n) is 5.95. The Hall–Kier alpha value is -1.12. The van der Waals surface area contributed by atoms with Crippen molar-refractivity contribution in [1.29, 1.82) is 5.26 Å². The summed E-state index contributed by atoms with van der Waals surface area (Å²) in [6.45, 7) is 4.94. The number of hydrogen-bond donors (Lipinski definition) is 0. The van der Waals surface area contributed by atoms with E-state index in [0.717, 1.165) is 19.3 Å². The summed E-state index contributed by atoms with van der Waals surface area (Å²) < 4.78 is 16.6. The zero-order valence-electron chi connectivity index (χ0n) is 11.6. The molecule has 0 N–H and O–H groups in total. The van der Waals surface area contributed by atoms with Crippen molar-refractivity contribution < 1.29 is 19.0 Å². The first-order chi connectivity index (χ1) is 9.04. The van der Waals surface area contributed by atoms with Crippen molar-refractivity contribution in [2.75, 3.05) is 13.2 Å². The van der Waals surface area contributed by atoms with E-state index in [1.807, 2.05) is 13.8 Å². The van der Waals surface area contributed by atoms with Crippen LogP contribution in [0.15, 0.2) is 0 Å². The van der Waals surface area contributed by atoms with E-state index in [0.29, 0.717) is 19.6 Å². The minimum atomic E-state index is -0.569.